The molecule has 2 N–H and O–H groups in total. The van der Waals surface area contributed by atoms with Gasteiger partial charge in [-0.15, -0.1) is 0 Å². The van der Waals surface area contributed by atoms with Crippen molar-refractivity contribution in [2.24, 2.45) is 11.7 Å². The van der Waals surface area contributed by atoms with Crippen LogP contribution in [-0.4, -0.2) is 19.1 Å². The van der Waals surface area contributed by atoms with E-state index in [2.05, 4.69) is 4.74 Å². The van der Waals surface area contributed by atoms with Crippen molar-refractivity contribution in [1.29, 1.82) is 0 Å². The van der Waals surface area contributed by atoms with Gasteiger partial charge in [0.25, 0.3) is 0 Å². The van der Waals surface area contributed by atoms with E-state index >= 15 is 0 Å². The standard InChI is InChI=1S/C7H15NO2/c1-4-5(2)6(8)7(9)10-3/h5-6H,4,8H2,1-3H3/t5?,6-/m0/s1. The maximum atomic E-state index is 10.8. The van der Waals surface area contributed by atoms with Crippen LogP contribution in [0.1, 0.15) is 20.3 Å². The van der Waals surface area contributed by atoms with Crippen molar-refractivity contribution in [2.75, 3.05) is 7.11 Å². The highest BCUT2D eigenvalue weighted by Crippen LogP contribution is 2.05. The Morgan fingerprint density at radius 1 is 1.70 bits per heavy atom. The van der Waals surface area contributed by atoms with Gasteiger partial charge in [-0.1, -0.05) is 20.3 Å². The van der Waals surface area contributed by atoms with Crippen molar-refractivity contribution in [3.8, 4) is 0 Å². The summed E-state index contributed by atoms with van der Waals surface area (Å²) in [5.41, 5.74) is 5.51. The molecular weight excluding hydrogens is 130 g/mol. The Hall–Kier alpha value is -0.570. The molecule has 0 aliphatic carbocycles. The minimum atomic E-state index is -0.463. The maximum absolute atomic E-state index is 10.8. The molecular formula is C7H15NO2. The van der Waals surface area contributed by atoms with Crippen molar-refractivity contribution >= 4 is 5.97 Å². The van der Waals surface area contributed by atoms with E-state index in [9.17, 15) is 4.79 Å². The molecule has 2 atom stereocenters. The van der Waals surface area contributed by atoms with Gasteiger partial charge >= 0.3 is 5.97 Å². The molecule has 0 fully saturated rings. The molecule has 0 aromatic carbocycles. The van der Waals surface area contributed by atoms with Crippen LogP contribution in [0, 0.1) is 5.92 Å². The number of carbonyl (C=O) groups excluding carboxylic acids is 1. The molecule has 0 spiro atoms. The predicted molar refractivity (Wildman–Crippen MR) is 39.4 cm³/mol. The van der Waals surface area contributed by atoms with E-state index in [0.29, 0.717) is 0 Å². The Kier molecular flexibility index (Phi) is 4.03. The van der Waals surface area contributed by atoms with Gasteiger partial charge in [-0.2, -0.15) is 0 Å². The zero-order valence-corrected chi connectivity index (χ0v) is 6.76. The van der Waals surface area contributed by atoms with Gasteiger partial charge in [0.15, 0.2) is 0 Å². The summed E-state index contributed by atoms with van der Waals surface area (Å²) in [4.78, 5) is 10.8. The Bertz CT molecular complexity index is 114. The van der Waals surface area contributed by atoms with Crippen molar-refractivity contribution in [1.82, 2.24) is 0 Å². The largest absolute Gasteiger partial charge is 0.468 e. The highest BCUT2D eigenvalue weighted by Gasteiger charge is 2.19. The van der Waals surface area contributed by atoms with Crippen LogP contribution in [0.5, 0.6) is 0 Å². The van der Waals surface area contributed by atoms with Crippen molar-refractivity contribution in [2.45, 2.75) is 26.3 Å². The summed E-state index contributed by atoms with van der Waals surface area (Å²) in [6, 6.07) is -0.463. The highest BCUT2D eigenvalue weighted by atomic mass is 16.5. The molecule has 0 amide bonds. The van der Waals surface area contributed by atoms with E-state index in [1.54, 1.807) is 0 Å². The molecule has 0 aliphatic heterocycles. The summed E-state index contributed by atoms with van der Waals surface area (Å²) in [7, 11) is 1.35. The lowest BCUT2D eigenvalue weighted by Gasteiger charge is -2.14. The highest BCUT2D eigenvalue weighted by molar-refractivity contribution is 5.75. The molecule has 0 bridgehead atoms. The summed E-state index contributed by atoms with van der Waals surface area (Å²) in [6.45, 7) is 3.93. The minimum Gasteiger partial charge on any atom is -0.468 e. The van der Waals surface area contributed by atoms with Crippen LogP contribution in [0.25, 0.3) is 0 Å². The lowest BCUT2D eigenvalue weighted by atomic mass is 10.0. The van der Waals surface area contributed by atoms with E-state index in [1.165, 1.54) is 7.11 Å². The van der Waals surface area contributed by atoms with E-state index in [1.807, 2.05) is 13.8 Å². The molecule has 0 radical (unpaired) electrons. The summed E-state index contributed by atoms with van der Waals surface area (Å²) < 4.78 is 4.47. The normalized spacial score (nSPS) is 16.0. The van der Waals surface area contributed by atoms with Crippen LogP contribution in [0.2, 0.25) is 0 Å². The Balaban J connectivity index is 3.81. The van der Waals surface area contributed by atoms with Gasteiger partial charge in [-0.25, -0.2) is 0 Å². The number of esters is 1. The average Bonchev–Trinajstić information content (AvgIpc) is 2.00. The Morgan fingerprint density at radius 2 is 2.20 bits per heavy atom. The number of hydrogen-bond acceptors (Lipinski definition) is 3. The second-order valence-corrected chi connectivity index (χ2v) is 2.43. The molecule has 0 aromatic heterocycles. The van der Waals surface area contributed by atoms with Crippen LogP contribution in [0.4, 0.5) is 0 Å². The summed E-state index contributed by atoms with van der Waals surface area (Å²) in [5, 5.41) is 0. The third kappa shape index (κ3) is 2.35. The monoisotopic (exact) mass is 145 g/mol. The van der Waals surface area contributed by atoms with Gasteiger partial charge in [-0.3, -0.25) is 4.79 Å². The van der Waals surface area contributed by atoms with Crippen LogP contribution in [0.3, 0.4) is 0 Å². The second-order valence-electron chi connectivity index (χ2n) is 2.43. The van der Waals surface area contributed by atoms with Gasteiger partial charge in [0.2, 0.25) is 0 Å². The number of nitrogens with two attached hydrogens (primary N) is 1. The average molecular weight is 145 g/mol. The molecule has 0 aliphatic rings. The quantitative estimate of drug-likeness (QED) is 0.589. The van der Waals surface area contributed by atoms with Gasteiger partial charge in [0, 0.05) is 0 Å². The lowest BCUT2D eigenvalue weighted by molar-refractivity contribution is -0.143. The zero-order valence-electron chi connectivity index (χ0n) is 6.76. The first-order valence-corrected chi connectivity index (χ1v) is 3.46. The fourth-order valence-corrected chi connectivity index (χ4v) is 0.622. The van der Waals surface area contributed by atoms with Crippen LogP contribution >= 0.6 is 0 Å². The van der Waals surface area contributed by atoms with Crippen LogP contribution in [0.15, 0.2) is 0 Å². The first-order chi connectivity index (χ1) is 4.63. The molecule has 60 valence electrons. The molecule has 3 nitrogen and oxygen atoms in total. The van der Waals surface area contributed by atoms with Gasteiger partial charge in [0.1, 0.15) is 6.04 Å². The first kappa shape index (κ1) is 9.43. The van der Waals surface area contributed by atoms with E-state index in [0.717, 1.165) is 6.42 Å². The van der Waals surface area contributed by atoms with E-state index in [4.69, 9.17) is 5.73 Å². The minimum absolute atomic E-state index is 0.201. The summed E-state index contributed by atoms with van der Waals surface area (Å²) in [6.07, 6.45) is 0.899. The molecule has 3 heteroatoms. The fraction of sp³-hybridized carbons (Fsp3) is 0.857. The molecule has 0 saturated carbocycles. The van der Waals surface area contributed by atoms with E-state index in [-0.39, 0.29) is 11.9 Å². The Labute approximate surface area is 61.5 Å². The SMILES string of the molecule is CCC(C)[C@H](N)C(=O)OC. The second kappa shape index (κ2) is 4.28. The summed E-state index contributed by atoms with van der Waals surface area (Å²) >= 11 is 0. The molecule has 0 saturated heterocycles. The number of rotatable bonds is 3. The number of carbonyl (C=O) groups is 1. The van der Waals surface area contributed by atoms with Crippen molar-refractivity contribution < 1.29 is 9.53 Å². The van der Waals surface area contributed by atoms with Crippen molar-refractivity contribution in [3.05, 3.63) is 0 Å². The molecule has 0 heterocycles. The summed E-state index contributed by atoms with van der Waals surface area (Å²) in [5.74, 6) is -0.123. The number of methoxy groups -OCH3 is 1. The fourth-order valence-electron chi connectivity index (χ4n) is 0.622. The third-order valence-electron chi connectivity index (χ3n) is 1.73. The van der Waals surface area contributed by atoms with Crippen LogP contribution in [-0.2, 0) is 9.53 Å². The molecule has 1 unspecified atom stereocenters. The third-order valence-corrected chi connectivity index (χ3v) is 1.73. The Morgan fingerprint density at radius 3 is 2.50 bits per heavy atom. The topological polar surface area (TPSA) is 52.3 Å². The maximum Gasteiger partial charge on any atom is 0.322 e. The lowest BCUT2D eigenvalue weighted by Crippen LogP contribution is -2.37. The number of ether oxygens (including phenoxy) is 1. The predicted octanol–water partition coefficient (Wildman–Crippen LogP) is 0.533. The number of hydrogen-bond donors (Lipinski definition) is 1. The van der Waals surface area contributed by atoms with Gasteiger partial charge in [0.05, 0.1) is 7.11 Å². The van der Waals surface area contributed by atoms with Gasteiger partial charge < -0.3 is 10.5 Å². The molecule has 0 aromatic rings. The molecule has 10 heavy (non-hydrogen) atoms. The van der Waals surface area contributed by atoms with Gasteiger partial charge in [-0.05, 0) is 5.92 Å². The van der Waals surface area contributed by atoms with Crippen LogP contribution < -0.4 is 5.73 Å². The first-order valence-electron chi connectivity index (χ1n) is 3.46. The molecule has 0 rings (SSSR count). The smallest absolute Gasteiger partial charge is 0.322 e. The zero-order chi connectivity index (χ0) is 8.15. The van der Waals surface area contributed by atoms with Crippen molar-refractivity contribution in [3.63, 3.8) is 0 Å². The van der Waals surface area contributed by atoms with E-state index < -0.39 is 6.04 Å².